The van der Waals surface area contributed by atoms with Gasteiger partial charge in [0.2, 0.25) is 0 Å². The molecule has 0 aromatic heterocycles. The lowest BCUT2D eigenvalue weighted by atomic mass is 9.47. The third-order valence-corrected chi connectivity index (χ3v) is 9.06. The fraction of sp³-hybridized carbons (Fsp3) is 0.731. The van der Waals surface area contributed by atoms with Crippen molar-refractivity contribution in [2.45, 2.75) is 73.1 Å². The second-order valence-electron chi connectivity index (χ2n) is 10.8. The lowest BCUT2D eigenvalue weighted by molar-refractivity contribution is -0.111. The highest BCUT2D eigenvalue weighted by Gasteiger charge is 2.58. The molecule has 0 saturated heterocycles. The second kappa shape index (κ2) is 6.75. The van der Waals surface area contributed by atoms with Gasteiger partial charge in [0, 0.05) is 5.41 Å². The minimum atomic E-state index is 0.138. The van der Waals surface area contributed by atoms with Crippen LogP contribution >= 0.6 is 0 Å². The van der Waals surface area contributed by atoms with Crippen molar-refractivity contribution in [3.63, 3.8) is 0 Å². The number of carbonyl (C=O) groups excluding carboxylic acids is 1. The van der Waals surface area contributed by atoms with E-state index in [-0.39, 0.29) is 11.2 Å². The van der Waals surface area contributed by atoms with Gasteiger partial charge in [-0.05, 0) is 91.6 Å². The van der Waals surface area contributed by atoms with Gasteiger partial charge >= 0.3 is 0 Å². The molecule has 4 rings (SSSR count). The van der Waals surface area contributed by atoms with Crippen LogP contribution in [0.2, 0.25) is 0 Å². The van der Waals surface area contributed by atoms with Crippen molar-refractivity contribution >= 4 is 5.78 Å². The summed E-state index contributed by atoms with van der Waals surface area (Å²) in [4.78, 5) is 11.9. The minimum absolute atomic E-state index is 0.138. The molecule has 0 amide bonds. The lowest BCUT2D eigenvalue weighted by Gasteiger charge is -2.57. The molecule has 0 spiro atoms. The predicted molar refractivity (Wildman–Crippen MR) is 113 cm³/mol. The minimum Gasteiger partial charge on any atom is -0.290 e. The first kappa shape index (κ1) is 19.2. The Morgan fingerprint density at radius 3 is 2.56 bits per heavy atom. The standard InChI is InChI=1S/C26H38O/c1-17(2)6-7-18(3)22-10-11-23-21-9-8-19-16-20(27)12-14-25(19,4)24(21)13-15-26(22,23)5/h6-7,12,14,16-18,21-24H,8-11,13,15H2,1-5H3/b7-6+/t18-,21+,22-,23+,24+,25+,26-/m1/s1. The third-order valence-electron chi connectivity index (χ3n) is 9.06. The molecule has 0 unspecified atom stereocenters. The number of allylic oxidation sites excluding steroid dienone is 6. The van der Waals surface area contributed by atoms with Gasteiger partial charge < -0.3 is 0 Å². The Bertz CT molecular complexity index is 695. The number of carbonyl (C=O) groups is 1. The summed E-state index contributed by atoms with van der Waals surface area (Å²) in [6.07, 6.45) is 18.9. The molecule has 0 aromatic rings. The van der Waals surface area contributed by atoms with E-state index in [1.165, 1.54) is 37.7 Å². The molecule has 4 aliphatic carbocycles. The Morgan fingerprint density at radius 1 is 1.04 bits per heavy atom. The molecule has 0 bridgehead atoms. The van der Waals surface area contributed by atoms with Gasteiger partial charge in [-0.1, -0.05) is 58.4 Å². The summed E-state index contributed by atoms with van der Waals surface area (Å²) in [7, 11) is 0. The first-order chi connectivity index (χ1) is 12.8. The van der Waals surface area contributed by atoms with Gasteiger partial charge in [-0.2, -0.15) is 0 Å². The number of hydrogen-bond donors (Lipinski definition) is 0. The normalized spacial score (nSPS) is 44.8. The van der Waals surface area contributed by atoms with Crippen LogP contribution in [0.5, 0.6) is 0 Å². The molecule has 1 heteroatoms. The number of ketones is 1. The van der Waals surface area contributed by atoms with Gasteiger partial charge in [0.1, 0.15) is 0 Å². The molecule has 27 heavy (non-hydrogen) atoms. The van der Waals surface area contributed by atoms with Gasteiger partial charge in [0.25, 0.3) is 0 Å². The smallest absolute Gasteiger partial charge is 0.178 e. The van der Waals surface area contributed by atoms with E-state index in [4.69, 9.17) is 0 Å². The van der Waals surface area contributed by atoms with Crippen LogP contribution in [-0.2, 0) is 4.79 Å². The summed E-state index contributed by atoms with van der Waals surface area (Å²) >= 11 is 0. The maximum atomic E-state index is 11.9. The van der Waals surface area contributed by atoms with Crippen molar-refractivity contribution in [1.29, 1.82) is 0 Å². The molecular weight excluding hydrogens is 328 g/mol. The average molecular weight is 367 g/mol. The molecule has 1 nitrogen and oxygen atoms in total. The maximum absolute atomic E-state index is 11.9. The van der Waals surface area contributed by atoms with Crippen LogP contribution in [0.25, 0.3) is 0 Å². The molecule has 3 saturated carbocycles. The summed E-state index contributed by atoms with van der Waals surface area (Å²) in [6, 6.07) is 0. The fourth-order valence-corrected chi connectivity index (χ4v) is 7.63. The van der Waals surface area contributed by atoms with Gasteiger partial charge in [0.15, 0.2) is 5.78 Å². The molecule has 0 heterocycles. The quantitative estimate of drug-likeness (QED) is 0.504. The molecule has 148 valence electrons. The summed E-state index contributed by atoms with van der Waals surface area (Å²) in [5.41, 5.74) is 2.07. The second-order valence-corrected chi connectivity index (χ2v) is 10.8. The van der Waals surface area contributed by atoms with Gasteiger partial charge in [-0.15, -0.1) is 0 Å². The largest absolute Gasteiger partial charge is 0.290 e. The van der Waals surface area contributed by atoms with E-state index in [2.05, 4.69) is 52.8 Å². The zero-order valence-electron chi connectivity index (χ0n) is 18.0. The first-order valence-corrected chi connectivity index (χ1v) is 11.4. The van der Waals surface area contributed by atoms with Crippen LogP contribution in [-0.4, -0.2) is 5.78 Å². The molecule has 0 aromatic carbocycles. The van der Waals surface area contributed by atoms with Crippen molar-refractivity contribution in [1.82, 2.24) is 0 Å². The molecule has 7 atom stereocenters. The van der Waals surface area contributed by atoms with Gasteiger partial charge in [-0.3, -0.25) is 4.79 Å². The van der Waals surface area contributed by atoms with Crippen molar-refractivity contribution in [2.24, 2.45) is 46.3 Å². The third kappa shape index (κ3) is 3.00. The Morgan fingerprint density at radius 2 is 1.81 bits per heavy atom. The Hall–Kier alpha value is -1.11. The van der Waals surface area contributed by atoms with Crippen LogP contribution in [0.3, 0.4) is 0 Å². The van der Waals surface area contributed by atoms with Gasteiger partial charge in [0.05, 0.1) is 0 Å². The molecule has 0 N–H and O–H groups in total. The van der Waals surface area contributed by atoms with E-state index < -0.39 is 0 Å². The lowest BCUT2D eigenvalue weighted by Crippen LogP contribution is -2.50. The van der Waals surface area contributed by atoms with E-state index >= 15 is 0 Å². The summed E-state index contributed by atoms with van der Waals surface area (Å²) in [6.45, 7) is 12.1. The molecule has 3 fully saturated rings. The van der Waals surface area contributed by atoms with E-state index in [1.54, 1.807) is 0 Å². The van der Waals surface area contributed by atoms with Crippen LogP contribution < -0.4 is 0 Å². The number of fused-ring (bicyclic) bond motifs is 5. The average Bonchev–Trinajstić information content (AvgIpc) is 2.97. The van der Waals surface area contributed by atoms with E-state index in [1.807, 2.05) is 12.2 Å². The summed E-state index contributed by atoms with van der Waals surface area (Å²) < 4.78 is 0. The Kier molecular flexibility index (Phi) is 4.80. The highest BCUT2D eigenvalue weighted by Crippen LogP contribution is 2.66. The molecule has 0 aliphatic heterocycles. The predicted octanol–water partition coefficient (Wildman–Crippen LogP) is 6.76. The summed E-state index contributed by atoms with van der Waals surface area (Å²) in [5.74, 6) is 4.84. The van der Waals surface area contributed by atoms with Crippen LogP contribution in [0.4, 0.5) is 0 Å². The monoisotopic (exact) mass is 366 g/mol. The van der Waals surface area contributed by atoms with E-state index in [0.29, 0.717) is 17.3 Å². The van der Waals surface area contributed by atoms with Crippen molar-refractivity contribution in [2.75, 3.05) is 0 Å². The van der Waals surface area contributed by atoms with Crippen LogP contribution in [0.15, 0.2) is 36.0 Å². The number of rotatable bonds is 3. The Labute approximate surface area is 166 Å². The Balaban J connectivity index is 1.58. The summed E-state index contributed by atoms with van der Waals surface area (Å²) in [5, 5.41) is 0. The number of hydrogen-bond acceptors (Lipinski definition) is 1. The van der Waals surface area contributed by atoms with Gasteiger partial charge in [-0.25, -0.2) is 0 Å². The highest BCUT2D eigenvalue weighted by molar-refractivity contribution is 6.01. The van der Waals surface area contributed by atoms with E-state index in [9.17, 15) is 4.79 Å². The van der Waals surface area contributed by atoms with Crippen molar-refractivity contribution in [3.05, 3.63) is 36.0 Å². The molecule has 0 radical (unpaired) electrons. The van der Waals surface area contributed by atoms with Crippen molar-refractivity contribution in [3.8, 4) is 0 Å². The maximum Gasteiger partial charge on any atom is 0.178 e. The zero-order valence-corrected chi connectivity index (χ0v) is 18.0. The topological polar surface area (TPSA) is 17.1 Å². The fourth-order valence-electron chi connectivity index (χ4n) is 7.63. The zero-order chi connectivity index (χ0) is 19.4. The highest BCUT2D eigenvalue weighted by atomic mass is 16.1. The SMILES string of the molecule is CC(C)/C=C/[C@@H](C)[C@H]1CC[C@H]2[C@@H]3CCC4=CC(=O)C=C[C@]4(C)[C@H]3CC[C@]12C. The molecular formula is C26H38O. The van der Waals surface area contributed by atoms with Crippen molar-refractivity contribution < 1.29 is 4.79 Å². The van der Waals surface area contributed by atoms with Crippen LogP contribution in [0, 0.1) is 46.3 Å². The van der Waals surface area contributed by atoms with E-state index in [0.717, 1.165) is 30.1 Å². The first-order valence-electron chi connectivity index (χ1n) is 11.4. The van der Waals surface area contributed by atoms with Crippen LogP contribution in [0.1, 0.15) is 73.1 Å². The molecule has 4 aliphatic rings.